The number of hydrogen-bond donors (Lipinski definition) is 0. The molecule has 2 aromatic carbocycles. The molecule has 26 heavy (non-hydrogen) atoms. The van der Waals surface area contributed by atoms with Crippen LogP contribution in [0.1, 0.15) is 17.3 Å². The van der Waals surface area contributed by atoms with Crippen LogP contribution in [0.15, 0.2) is 64.0 Å². The molecule has 0 radical (unpaired) electrons. The fraction of sp³-hybridized carbons (Fsp3) is 0.211. The first kappa shape index (κ1) is 17.3. The van der Waals surface area contributed by atoms with E-state index in [0.717, 1.165) is 16.8 Å². The zero-order valence-corrected chi connectivity index (χ0v) is 15.7. The van der Waals surface area contributed by atoms with Crippen molar-refractivity contribution in [2.75, 3.05) is 12.8 Å². The average Bonchev–Trinajstić information content (AvgIpc) is 3.18. The van der Waals surface area contributed by atoms with E-state index in [4.69, 9.17) is 16.1 Å². The molecule has 0 fully saturated rings. The minimum absolute atomic E-state index is 0.0442. The molecule has 1 aliphatic heterocycles. The molecule has 0 N–H and O–H groups in total. The van der Waals surface area contributed by atoms with E-state index < -0.39 is 9.84 Å². The van der Waals surface area contributed by atoms with Crippen LogP contribution in [0.4, 0.5) is 0 Å². The number of rotatable bonds is 4. The smallest absolute Gasteiger partial charge is 0.180 e. The summed E-state index contributed by atoms with van der Waals surface area (Å²) in [5.41, 5.74) is 2.44. The van der Waals surface area contributed by atoms with Gasteiger partial charge >= 0.3 is 0 Å². The van der Waals surface area contributed by atoms with Crippen molar-refractivity contribution in [2.24, 2.45) is 0 Å². The van der Waals surface area contributed by atoms with Gasteiger partial charge in [0.05, 0.1) is 22.4 Å². The third kappa shape index (κ3) is 3.16. The van der Waals surface area contributed by atoms with Crippen LogP contribution in [0.25, 0.3) is 11.3 Å². The minimum Gasteiger partial charge on any atom is -0.356 e. The summed E-state index contributed by atoms with van der Waals surface area (Å²) >= 11 is 6.08. The molecule has 0 amide bonds. The standard InChI is InChI=1S/C19H17ClN2O3S/c1-22(11-15-10-18(25-21-15)13-5-3-2-4-6-13)17-12-26(23,24)19-8-7-14(20)9-16(17)19/h2-10,17H,11-12H2,1H3. The van der Waals surface area contributed by atoms with E-state index in [-0.39, 0.29) is 11.8 Å². The molecule has 0 spiro atoms. The second-order valence-corrected chi connectivity index (χ2v) is 8.88. The Labute approximate surface area is 157 Å². The molecule has 5 nitrogen and oxygen atoms in total. The molecule has 1 aliphatic rings. The number of hydrogen-bond acceptors (Lipinski definition) is 5. The summed E-state index contributed by atoms with van der Waals surface area (Å²) in [5, 5.41) is 4.66. The van der Waals surface area contributed by atoms with E-state index in [1.165, 1.54) is 0 Å². The fourth-order valence-corrected chi connectivity index (χ4v) is 5.34. The predicted molar refractivity (Wildman–Crippen MR) is 99.7 cm³/mol. The lowest BCUT2D eigenvalue weighted by atomic mass is 10.1. The molecule has 7 heteroatoms. The lowest BCUT2D eigenvalue weighted by Gasteiger charge is -2.23. The van der Waals surface area contributed by atoms with Gasteiger partial charge < -0.3 is 4.52 Å². The van der Waals surface area contributed by atoms with E-state index in [1.54, 1.807) is 18.2 Å². The molecule has 2 heterocycles. The number of benzene rings is 2. The molecule has 0 saturated heterocycles. The zero-order valence-electron chi connectivity index (χ0n) is 14.1. The van der Waals surface area contributed by atoms with E-state index in [1.807, 2.05) is 48.3 Å². The maximum Gasteiger partial charge on any atom is 0.180 e. The van der Waals surface area contributed by atoms with Gasteiger partial charge in [-0.05, 0) is 30.8 Å². The van der Waals surface area contributed by atoms with E-state index in [9.17, 15) is 8.42 Å². The van der Waals surface area contributed by atoms with Crippen LogP contribution in [0.3, 0.4) is 0 Å². The van der Waals surface area contributed by atoms with Gasteiger partial charge in [0.2, 0.25) is 0 Å². The molecule has 1 atom stereocenters. The second-order valence-electron chi connectivity index (χ2n) is 6.44. The number of nitrogens with zero attached hydrogens (tertiary/aromatic N) is 2. The molecular weight excluding hydrogens is 372 g/mol. The molecule has 4 rings (SSSR count). The predicted octanol–water partition coefficient (Wildman–Crippen LogP) is 3.96. The number of fused-ring (bicyclic) bond motifs is 1. The summed E-state index contributed by atoms with van der Waals surface area (Å²) in [4.78, 5) is 2.33. The van der Waals surface area contributed by atoms with Gasteiger partial charge in [-0.1, -0.05) is 47.1 Å². The van der Waals surface area contributed by atoms with E-state index >= 15 is 0 Å². The first-order valence-electron chi connectivity index (χ1n) is 8.17. The highest BCUT2D eigenvalue weighted by atomic mass is 35.5. The molecule has 0 aliphatic carbocycles. The van der Waals surface area contributed by atoms with Gasteiger partial charge in [0.15, 0.2) is 15.6 Å². The summed E-state index contributed by atoms with van der Waals surface area (Å²) in [6.07, 6.45) is 0. The monoisotopic (exact) mass is 388 g/mol. The fourth-order valence-electron chi connectivity index (χ4n) is 3.31. The van der Waals surface area contributed by atoms with Crippen LogP contribution >= 0.6 is 11.6 Å². The van der Waals surface area contributed by atoms with Crippen LogP contribution in [0.5, 0.6) is 0 Å². The van der Waals surface area contributed by atoms with E-state index in [0.29, 0.717) is 22.2 Å². The molecule has 0 saturated carbocycles. The van der Waals surface area contributed by atoms with Crippen LogP contribution in [-0.2, 0) is 16.4 Å². The Morgan fingerprint density at radius 1 is 1.19 bits per heavy atom. The lowest BCUT2D eigenvalue weighted by molar-refractivity contribution is 0.248. The van der Waals surface area contributed by atoms with Crippen molar-refractivity contribution in [2.45, 2.75) is 17.5 Å². The Hall–Kier alpha value is -2.15. The van der Waals surface area contributed by atoms with Crippen molar-refractivity contribution >= 4 is 21.4 Å². The number of halogens is 1. The van der Waals surface area contributed by atoms with Crippen LogP contribution in [0.2, 0.25) is 5.02 Å². The summed E-state index contributed by atoms with van der Waals surface area (Å²) in [7, 11) is -1.41. The van der Waals surface area contributed by atoms with Crippen molar-refractivity contribution in [1.82, 2.24) is 10.1 Å². The average molecular weight is 389 g/mol. The first-order chi connectivity index (χ1) is 12.4. The summed E-state index contributed by atoms with van der Waals surface area (Å²) < 4.78 is 30.3. The van der Waals surface area contributed by atoms with Crippen molar-refractivity contribution in [1.29, 1.82) is 0 Å². The molecule has 1 unspecified atom stereocenters. The molecule has 0 bridgehead atoms. The highest BCUT2D eigenvalue weighted by molar-refractivity contribution is 7.91. The second kappa shape index (κ2) is 6.54. The van der Waals surface area contributed by atoms with Gasteiger partial charge in [0.1, 0.15) is 0 Å². The van der Waals surface area contributed by atoms with Crippen LogP contribution in [-0.4, -0.2) is 31.3 Å². The van der Waals surface area contributed by atoms with Gasteiger partial charge in [0.25, 0.3) is 0 Å². The van der Waals surface area contributed by atoms with E-state index in [2.05, 4.69) is 5.16 Å². The molecule has 3 aromatic rings. The van der Waals surface area contributed by atoms with Gasteiger partial charge in [-0.3, -0.25) is 4.90 Å². The third-order valence-corrected chi connectivity index (χ3v) is 6.64. The summed E-state index contributed by atoms with van der Waals surface area (Å²) in [6.45, 7) is 0.475. The molecule has 134 valence electrons. The van der Waals surface area contributed by atoms with Crippen molar-refractivity contribution < 1.29 is 12.9 Å². The van der Waals surface area contributed by atoms with Crippen LogP contribution < -0.4 is 0 Å². The highest BCUT2D eigenvalue weighted by Crippen LogP contribution is 2.38. The third-order valence-electron chi connectivity index (χ3n) is 4.60. The normalized spacial score (nSPS) is 18.2. The SMILES string of the molecule is CN(Cc1cc(-c2ccccc2)on1)C1CS(=O)(=O)c2ccc(Cl)cc21. The van der Waals surface area contributed by atoms with Crippen molar-refractivity contribution in [3.8, 4) is 11.3 Å². The largest absolute Gasteiger partial charge is 0.356 e. The Morgan fingerprint density at radius 3 is 2.73 bits per heavy atom. The topological polar surface area (TPSA) is 63.4 Å². The summed E-state index contributed by atoms with van der Waals surface area (Å²) in [5.74, 6) is 0.735. The maximum atomic E-state index is 12.4. The summed E-state index contributed by atoms with van der Waals surface area (Å²) in [6, 6.07) is 16.3. The van der Waals surface area contributed by atoms with Crippen LogP contribution in [0, 0.1) is 0 Å². The van der Waals surface area contributed by atoms with Gasteiger partial charge in [-0.2, -0.15) is 0 Å². The zero-order chi connectivity index (χ0) is 18.3. The maximum absolute atomic E-state index is 12.4. The quantitative estimate of drug-likeness (QED) is 0.677. The number of sulfone groups is 1. The highest BCUT2D eigenvalue weighted by Gasteiger charge is 2.37. The van der Waals surface area contributed by atoms with Gasteiger partial charge in [-0.25, -0.2) is 8.42 Å². The Morgan fingerprint density at radius 2 is 1.96 bits per heavy atom. The van der Waals surface area contributed by atoms with Crippen molar-refractivity contribution in [3.63, 3.8) is 0 Å². The molecule has 1 aromatic heterocycles. The van der Waals surface area contributed by atoms with Crippen molar-refractivity contribution in [3.05, 3.63) is 70.9 Å². The first-order valence-corrected chi connectivity index (χ1v) is 10.2. The molecular formula is C19H17ClN2O3S. The van der Waals surface area contributed by atoms with Gasteiger partial charge in [-0.15, -0.1) is 0 Å². The lowest BCUT2D eigenvalue weighted by Crippen LogP contribution is -2.25. The minimum atomic E-state index is -3.29. The Bertz CT molecular complexity index is 1050. The number of aromatic nitrogens is 1. The van der Waals surface area contributed by atoms with Gasteiger partial charge in [0, 0.05) is 23.2 Å². The Kier molecular flexibility index (Phi) is 4.34. The Balaban J connectivity index is 1.58.